The number of hydrogen-bond acceptors (Lipinski definition) is 6. The molecule has 2 aliphatic rings. The van der Waals surface area contributed by atoms with Crippen LogP contribution in [0, 0.1) is 5.92 Å². The third-order valence-corrected chi connectivity index (χ3v) is 6.21. The lowest BCUT2D eigenvalue weighted by atomic mass is 9.90. The molecule has 1 aliphatic carbocycles. The Bertz CT molecular complexity index is 906. The van der Waals surface area contributed by atoms with E-state index in [0.717, 1.165) is 19.3 Å². The summed E-state index contributed by atoms with van der Waals surface area (Å²) in [6, 6.07) is 7.10. The number of carbonyl (C=O) groups is 2. The molecule has 4 rings (SSSR count). The molecule has 0 spiro atoms. The van der Waals surface area contributed by atoms with Gasteiger partial charge in [0.2, 0.25) is 0 Å². The first-order chi connectivity index (χ1) is 13.5. The van der Waals surface area contributed by atoms with Crippen LogP contribution in [-0.4, -0.2) is 31.2 Å². The molecule has 148 valence electrons. The Morgan fingerprint density at radius 3 is 2.82 bits per heavy atom. The largest absolute Gasteiger partial charge is 0.486 e. The quantitative estimate of drug-likeness (QED) is 0.789. The topological polar surface area (TPSA) is 73.9 Å². The summed E-state index contributed by atoms with van der Waals surface area (Å²) in [7, 11) is 0. The van der Waals surface area contributed by atoms with Gasteiger partial charge in [0.05, 0.1) is 0 Å². The number of carbonyl (C=O) groups excluding carboxylic acids is 2. The highest BCUT2D eigenvalue weighted by molar-refractivity contribution is 7.14. The Balaban J connectivity index is 1.37. The van der Waals surface area contributed by atoms with E-state index in [1.165, 1.54) is 21.8 Å². The molecule has 28 heavy (non-hydrogen) atoms. The second-order valence-corrected chi connectivity index (χ2v) is 8.44. The average Bonchev–Trinajstić information content (AvgIpc) is 3.11. The molecule has 1 amide bonds. The van der Waals surface area contributed by atoms with Crippen LogP contribution in [0.4, 0.5) is 5.69 Å². The van der Waals surface area contributed by atoms with E-state index in [9.17, 15) is 9.59 Å². The number of esters is 1. The van der Waals surface area contributed by atoms with Crippen LogP contribution >= 0.6 is 11.3 Å². The van der Waals surface area contributed by atoms with Crippen molar-refractivity contribution in [2.24, 2.45) is 5.92 Å². The summed E-state index contributed by atoms with van der Waals surface area (Å²) in [5, 5.41) is 2.76. The van der Waals surface area contributed by atoms with E-state index in [2.05, 4.69) is 12.2 Å². The molecule has 0 fully saturated rings. The lowest BCUT2D eigenvalue weighted by Crippen LogP contribution is -2.29. The number of fused-ring (bicyclic) bond motifs is 2. The molecule has 0 saturated heterocycles. The van der Waals surface area contributed by atoms with Gasteiger partial charge in [-0.25, -0.2) is 4.79 Å². The fourth-order valence-corrected chi connectivity index (χ4v) is 4.53. The van der Waals surface area contributed by atoms with Gasteiger partial charge >= 0.3 is 5.97 Å². The zero-order valence-corrected chi connectivity index (χ0v) is 16.8. The van der Waals surface area contributed by atoms with Gasteiger partial charge in [0.25, 0.3) is 5.91 Å². The van der Waals surface area contributed by atoms with Crippen LogP contribution in [0.25, 0.3) is 0 Å². The number of aryl methyl sites for hydroxylation is 1. The number of hydrogen-bond donors (Lipinski definition) is 1. The van der Waals surface area contributed by atoms with Crippen LogP contribution in [-0.2, 0) is 22.4 Å². The number of rotatable bonds is 4. The molecule has 0 bridgehead atoms. The Hall–Kier alpha value is -2.54. The predicted molar refractivity (Wildman–Crippen MR) is 106 cm³/mol. The van der Waals surface area contributed by atoms with E-state index in [1.807, 2.05) is 6.07 Å². The molecule has 0 saturated carbocycles. The van der Waals surface area contributed by atoms with Crippen LogP contribution in [0.5, 0.6) is 11.5 Å². The van der Waals surface area contributed by atoms with Crippen molar-refractivity contribution >= 4 is 28.9 Å². The summed E-state index contributed by atoms with van der Waals surface area (Å²) in [5.41, 5.74) is 1.81. The number of anilines is 1. The van der Waals surface area contributed by atoms with E-state index in [0.29, 0.717) is 41.2 Å². The van der Waals surface area contributed by atoms with E-state index < -0.39 is 12.1 Å². The number of amides is 1. The molecule has 1 aliphatic heterocycles. The normalized spacial score (nSPS) is 18.7. The molecular weight excluding hydrogens is 378 g/mol. The van der Waals surface area contributed by atoms with E-state index in [4.69, 9.17) is 14.2 Å². The van der Waals surface area contributed by atoms with Gasteiger partial charge in [-0.3, -0.25) is 4.79 Å². The van der Waals surface area contributed by atoms with Crippen molar-refractivity contribution in [1.82, 2.24) is 0 Å². The van der Waals surface area contributed by atoms with Crippen LogP contribution in [0.15, 0.2) is 24.3 Å². The number of ether oxygens (including phenoxy) is 3. The molecule has 2 aromatic rings. The van der Waals surface area contributed by atoms with Gasteiger partial charge < -0.3 is 19.5 Å². The highest BCUT2D eigenvalue weighted by Gasteiger charge is 2.24. The summed E-state index contributed by atoms with van der Waals surface area (Å²) < 4.78 is 16.4. The minimum atomic E-state index is -0.904. The molecule has 2 heterocycles. The Morgan fingerprint density at radius 2 is 2.00 bits per heavy atom. The summed E-state index contributed by atoms with van der Waals surface area (Å²) in [5.74, 6) is 1.05. The molecule has 7 heteroatoms. The highest BCUT2D eigenvalue weighted by Crippen LogP contribution is 2.34. The zero-order chi connectivity index (χ0) is 19.7. The van der Waals surface area contributed by atoms with Gasteiger partial charge in [-0.2, -0.15) is 0 Å². The second-order valence-electron chi connectivity index (χ2n) is 7.30. The highest BCUT2D eigenvalue weighted by atomic mass is 32.1. The monoisotopic (exact) mass is 401 g/mol. The van der Waals surface area contributed by atoms with Crippen LogP contribution < -0.4 is 14.8 Å². The summed E-state index contributed by atoms with van der Waals surface area (Å²) in [4.78, 5) is 26.7. The third-order valence-electron chi connectivity index (χ3n) is 4.99. The minimum Gasteiger partial charge on any atom is -0.486 e. The zero-order valence-electron chi connectivity index (χ0n) is 15.9. The van der Waals surface area contributed by atoms with Gasteiger partial charge in [-0.05, 0) is 55.9 Å². The molecule has 1 aromatic heterocycles. The van der Waals surface area contributed by atoms with E-state index in [-0.39, 0.29) is 5.91 Å². The van der Waals surface area contributed by atoms with Crippen molar-refractivity contribution in [3.8, 4) is 11.5 Å². The molecule has 2 atom stereocenters. The number of nitrogens with one attached hydrogen (secondary N) is 1. The minimum absolute atomic E-state index is 0.389. The SMILES string of the molecule is C[C@H]1CCc2sc(C(=O)O[C@H](C)C(=O)Nc3ccc4c(c3)OCCO4)cc2C1. The first-order valence-electron chi connectivity index (χ1n) is 9.52. The standard InChI is InChI=1S/C21H23NO5S/c1-12-3-6-18-14(9-12)10-19(28-18)21(24)27-13(2)20(23)22-15-4-5-16-17(11-15)26-8-7-25-16/h4-5,10-13H,3,6-9H2,1-2H3,(H,22,23)/t12-,13+/m0/s1. The van der Waals surface area contributed by atoms with Gasteiger partial charge in [0.1, 0.15) is 18.1 Å². The Kier molecular flexibility index (Phi) is 5.26. The number of thiophene rings is 1. The molecular formula is C21H23NO5S. The van der Waals surface area contributed by atoms with Crippen LogP contribution in [0.3, 0.4) is 0 Å². The molecule has 0 unspecified atom stereocenters. The summed E-state index contributed by atoms with van der Waals surface area (Å²) in [6.45, 7) is 4.78. The lowest BCUT2D eigenvalue weighted by molar-refractivity contribution is -0.123. The maximum Gasteiger partial charge on any atom is 0.349 e. The van der Waals surface area contributed by atoms with Crippen molar-refractivity contribution in [1.29, 1.82) is 0 Å². The molecule has 0 radical (unpaired) electrons. The summed E-state index contributed by atoms with van der Waals surface area (Å²) >= 11 is 1.48. The van der Waals surface area contributed by atoms with Crippen molar-refractivity contribution in [3.63, 3.8) is 0 Å². The predicted octanol–water partition coefficient (Wildman–Crippen LogP) is 3.83. The van der Waals surface area contributed by atoms with Crippen molar-refractivity contribution in [3.05, 3.63) is 39.6 Å². The average molecular weight is 401 g/mol. The van der Waals surface area contributed by atoms with E-state index in [1.54, 1.807) is 25.1 Å². The first kappa shape index (κ1) is 18.8. The first-order valence-corrected chi connectivity index (χ1v) is 10.3. The fourth-order valence-electron chi connectivity index (χ4n) is 3.44. The molecule has 1 N–H and O–H groups in total. The second kappa shape index (κ2) is 7.83. The fraction of sp³-hybridized carbons (Fsp3) is 0.429. The Labute approximate surface area is 167 Å². The van der Waals surface area contributed by atoms with Gasteiger partial charge in [-0.15, -0.1) is 11.3 Å². The van der Waals surface area contributed by atoms with Gasteiger partial charge in [0.15, 0.2) is 17.6 Å². The smallest absolute Gasteiger partial charge is 0.349 e. The molecule has 1 aromatic carbocycles. The maximum atomic E-state index is 12.5. The van der Waals surface area contributed by atoms with Gasteiger partial charge in [-0.1, -0.05) is 6.92 Å². The van der Waals surface area contributed by atoms with Crippen LogP contribution in [0.2, 0.25) is 0 Å². The van der Waals surface area contributed by atoms with Crippen molar-refractivity contribution < 1.29 is 23.8 Å². The van der Waals surface area contributed by atoms with Crippen LogP contribution in [0.1, 0.15) is 40.4 Å². The number of benzene rings is 1. The molecule has 6 nitrogen and oxygen atoms in total. The van der Waals surface area contributed by atoms with Crippen molar-refractivity contribution in [2.75, 3.05) is 18.5 Å². The summed E-state index contributed by atoms with van der Waals surface area (Å²) in [6.07, 6.45) is 2.25. The lowest BCUT2D eigenvalue weighted by Gasteiger charge is -2.19. The Morgan fingerprint density at radius 1 is 1.21 bits per heavy atom. The third kappa shape index (κ3) is 3.99. The van der Waals surface area contributed by atoms with Gasteiger partial charge in [0, 0.05) is 16.6 Å². The van der Waals surface area contributed by atoms with Crippen molar-refractivity contribution in [2.45, 2.75) is 39.2 Å². The van der Waals surface area contributed by atoms with E-state index >= 15 is 0 Å². The maximum absolute atomic E-state index is 12.5.